The van der Waals surface area contributed by atoms with Gasteiger partial charge < -0.3 is 0 Å². The summed E-state index contributed by atoms with van der Waals surface area (Å²) in [5.74, 6) is 0. The van der Waals surface area contributed by atoms with Crippen molar-refractivity contribution in [2.45, 2.75) is 135 Å². The molecule has 0 N–H and O–H groups in total. The molecule has 0 spiro atoms. The highest BCUT2D eigenvalue weighted by Crippen LogP contribution is 2.12. The highest BCUT2D eigenvalue weighted by molar-refractivity contribution is 5.02. The van der Waals surface area contributed by atoms with E-state index in [9.17, 15) is 0 Å². The second-order valence-corrected chi connectivity index (χ2v) is 8.51. The Morgan fingerprint density at radius 1 is 0.414 bits per heavy atom. The molecule has 0 heteroatoms. The van der Waals surface area contributed by atoms with Gasteiger partial charge in [-0.2, -0.15) is 0 Å². The molecule has 0 aromatic rings. The van der Waals surface area contributed by atoms with Crippen LogP contribution in [0.25, 0.3) is 0 Å². The van der Waals surface area contributed by atoms with Gasteiger partial charge in [0.05, 0.1) is 0 Å². The summed E-state index contributed by atoms with van der Waals surface area (Å²) in [5, 5.41) is 0. The van der Waals surface area contributed by atoms with Gasteiger partial charge in [0.2, 0.25) is 0 Å². The first-order valence-electron chi connectivity index (χ1n) is 13.0. The van der Waals surface area contributed by atoms with Gasteiger partial charge in [0.25, 0.3) is 0 Å². The van der Waals surface area contributed by atoms with Crippen molar-refractivity contribution < 1.29 is 0 Å². The van der Waals surface area contributed by atoms with Crippen LogP contribution in [0, 0.1) is 0 Å². The van der Waals surface area contributed by atoms with Crippen molar-refractivity contribution in [3.8, 4) is 0 Å². The molecule has 168 valence electrons. The number of rotatable bonds is 23. The van der Waals surface area contributed by atoms with Crippen LogP contribution in [0.15, 0.2) is 49.1 Å². The lowest BCUT2D eigenvalue weighted by Gasteiger charge is -2.01. The van der Waals surface area contributed by atoms with E-state index < -0.39 is 0 Å². The zero-order valence-corrected chi connectivity index (χ0v) is 19.9. The summed E-state index contributed by atoms with van der Waals surface area (Å²) >= 11 is 0. The molecule has 0 fully saturated rings. The van der Waals surface area contributed by atoms with E-state index in [2.05, 4.69) is 50.0 Å². The van der Waals surface area contributed by atoms with E-state index in [4.69, 9.17) is 0 Å². The van der Waals surface area contributed by atoms with Crippen molar-refractivity contribution in [1.82, 2.24) is 0 Å². The normalized spacial score (nSPS) is 12.0. The Morgan fingerprint density at radius 3 is 1.21 bits per heavy atom. The van der Waals surface area contributed by atoms with E-state index in [-0.39, 0.29) is 0 Å². The van der Waals surface area contributed by atoms with Crippen LogP contribution in [0.5, 0.6) is 0 Å². The lowest BCUT2D eigenvalue weighted by Crippen LogP contribution is -1.81. The minimum absolute atomic E-state index is 1.15. The third-order valence-electron chi connectivity index (χ3n) is 5.54. The van der Waals surface area contributed by atoms with Crippen LogP contribution >= 0.6 is 0 Å². The topological polar surface area (TPSA) is 0 Å². The Balaban J connectivity index is 3.17. The summed E-state index contributed by atoms with van der Waals surface area (Å²) in [7, 11) is 0. The molecule has 0 radical (unpaired) electrons. The minimum atomic E-state index is 1.15. The molecule has 0 aromatic carbocycles. The van der Waals surface area contributed by atoms with Gasteiger partial charge in [-0.15, -0.1) is 6.58 Å². The zero-order valence-electron chi connectivity index (χ0n) is 19.9. The van der Waals surface area contributed by atoms with Crippen LogP contribution in [0.1, 0.15) is 135 Å². The second kappa shape index (κ2) is 27.0. The van der Waals surface area contributed by atoms with Gasteiger partial charge in [-0.3, -0.25) is 0 Å². The summed E-state index contributed by atoms with van der Waals surface area (Å²) in [4.78, 5) is 0. The summed E-state index contributed by atoms with van der Waals surface area (Å²) in [5.41, 5.74) is 0. The molecular weight excluding hydrogens is 348 g/mol. The first kappa shape index (κ1) is 28.0. The number of hydrogen-bond donors (Lipinski definition) is 0. The smallest absolute Gasteiger partial charge is 0.0347 e. The van der Waals surface area contributed by atoms with Crippen LogP contribution < -0.4 is 0 Å². The molecule has 0 rings (SSSR count). The molecule has 0 unspecified atom stereocenters. The first-order chi connectivity index (χ1) is 14.4. The summed E-state index contributed by atoms with van der Waals surface area (Å²) in [6, 6.07) is 0. The van der Waals surface area contributed by atoms with E-state index in [0.717, 1.165) is 6.42 Å². The Kier molecular flexibility index (Phi) is 26.0. The maximum absolute atomic E-state index is 3.76. The van der Waals surface area contributed by atoms with Gasteiger partial charge in [-0.1, -0.05) is 114 Å². The Hall–Kier alpha value is -1.04. The van der Waals surface area contributed by atoms with Crippen LogP contribution in [-0.2, 0) is 0 Å². The Bertz CT molecular complexity index is 385. The zero-order chi connectivity index (χ0) is 21.1. The third kappa shape index (κ3) is 27.0. The van der Waals surface area contributed by atoms with E-state index in [1.165, 1.54) is 122 Å². The summed E-state index contributed by atoms with van der Waals surface area (Å²) in [6.45, 7) is 6.04. The molecule has 0 bridgehead atoms. The number of allylic oxidation sites excluding steroid dienone is 7. The first-order valence-corrected chi connectivity index (χ1v) is 13.0. The van der Waals surface area contributed by atoms with Gasteiger partial charge >= 0.3 is 0 Å². The summed E-state index contributed by atoms with van der Waals surface area (Å²) < 4.78 is 0. The lowest BCUT2D eigenvalue weighted by molar-refractivity contribution is 0.571. The molecule has 0 aliphatic heterocycles. The van der Waals surface area contributed by atoms with E-state index >= 15 is 0 Å². The fraction of sp³-hybridized carbons (Fsp3) is 0.724. The molecule has 0 nitrogen and oxygen atoms in total. The van der Waals surface area contributed by atoms with Crippen LogP contribution in [-0.4, -0.2) is 0 Å². The van der Waals surface area contributed by atoms with Gasteiger partial charge in [-0.05, 0) is 64.2 Å². The van der Waals surface area contributed by atoms with Crippen LogP contribution in [0.2, 0.25) is 0 Å². The Morgan fingerprint density at radius 2 is 0.759 bits per heavy atom. The Labute approximate surface area is 184 Å². The van der Waals surface area contributed by atoms with Crippen molar-refractivity contribution in [3.63, 3.8) is 0 Å². The highest BCUT2D eigenvalue weighted by atomic mass is 14.0. The molecule has 0 aliphatic carbocycles. The fourth-order valence-electron chi connectivity index (χ4n) is 3.59. The molecule has 0 heterocycles. The van der Waals surface area contributed by atoms with Crippen molar-refractivity contribution in [3.05, 3.63) is 49.1 Å². The van der Waals surface area contributed by atoms with Gasteiger partial charge in [-0.25, -0.2) is 0 Å². The van der Waals surface area contributed by atoms with E-state index in [0.29, 0.717) is 0 Å². The SMILES string of the molecule is C=CCCCCC=CC=CCCCCCCCCCCC=CCCCCCCC. The number of unbranched alkanes of at least 4 members (excludes halogenated alkanes) is 17. The molecule has 0 amide bonds. The lowest BCUT2D eigenvalue weighted by atomic mass is 10.1. The monoisotopic (exact) mass is 400 g/mol. The summed E-state index contributed by atoms with van der Waals surface area (Å²) in [6.07, 6.45) is 43.0. The largest absolute Gasteiger partial charge is 0.103 e. The van der Waals surface area contributed by atoms with Crippen LogP contribution in [0.4, 0.5) is 0 Å². The number of hydrogen-bond acceptors (Lipinski definition) is 0. The molecule has 0 saturated carbocycles. The molecular formula is C29H52. The standard InChI is InChI=1S/C29H52/c1-3-5-7-9-11-13-15-17-19-21-23-25-27-29-28-26-24-22-20-18-16-14-12-10-8-6-4-2/h3,13,15-19H,1,4-12,14,20-29H2,2H3. The van der Waals surface area contributed by atoms with Crippen LogP contribution in [0.3, 0.4) is 0 Å². The van der Waals surface area contributed by atoms with Crippen molar-refractivity contribution in [2.24, 2.45) is 0 Å². The minimum Gasteiger partial charge on any atom is -0.103 e. The average molecular weight is 401 g/mol. The van der Waals surface area contributed by atoms with E-state index in [1.54, 1.807) is 0 Å². The molecule has 29 heavy (non-hydrogen) atoms. The van der Waals surface area contributed by atoms with Crippen molar-refractivity contribution in [1.29, 1.82) is 0 Å². The van der Waals surface area contributed by atoms with Crippen molar-refractivity contribution in [2.75, 3.05) is 0 Å². The predicted molar refractivity (Wildman–Crippen MR) is 136 cm³/mol. The van der Waals surface area contributed by atoms with Gasteiger partial charge in [0, 0.05) is 0 Å². The second-order valence-electron chi connectivity index (χ2n) is 8.51. The van der Waals surface area contributed by atoms with E-state index in [1.807, 2.05) is 6.08 Å². The van der Waals surface area contributed by atoms with Gasteiger partial charge in [0.15, 0.2) is 0 Å². The maximum atomic E-state index is 3.76. The highest BCUT2D eigenvalue weighted by Gasteiger charge is 1.92. The molecule has 0 aliphatic rings. The maximum Gasteiger partial charge on any atom is -0.0347 e. The average Bonchev–Trinajstić information content (AvgIpc) is 2.74. The third-order valence-corrected chi connectivity index (χ3v) is 5.54. The fourth-order valence-corrected chi connectivity index (χ4v) is 3.59. The molecule has 0 aromatic heterocycles. The quantitative estimate of drug-likeness (QED) is 0.0908. The molecule has 0 atom stereocenters. The molecule has 0 saturated heterocycles. The van der Waals surface area contributed by atoms with Crippen molar-refractivity contribution >= 4 is 0 Å². The van der Waals surface area contributed by atoms with Gasteiger partial charge in [0.1, 0.15) is 0 Å². The predicted octanol–water partition coefficient (Wildman–Crippen LogP) is 10.7.